The zero-order valence-electron chi connectivity index (χ0n) is 14.1. The molecule has 130 valence electrons. The van der Waals surface area contributed by atoms with Crippen LogP contribution in [0.1, 0.15) is 25.3 Å². The largest absolute Gasteiger partial charge is 0.488 e. The highest BCUT2D eigenvalue weighted by Crippen LogP contribution is 2.27. The fraction of sp³-hybridized carbons (Fsp3) is 0.556. The molecule has 2 aliphatic rings. The lowest BCUT2D eigenvalue weighted by Crippen LogP contribution is -2.47. The molecule has 1 saturated heterocycles. The molecule has 1 aromatic rings. The molecule has 3 rings (SSSR count). The standard InChI is InChI=1S/C18H25N3O3/c1-13(22)19-11-14-6-8-21(9-7-14)18(23)20-12-16-10-15-4-2-3-5-17(15)24-16/h2-5,14,16H,6-12H2,1H3,(H,19,22)(H,20,23). The molecule has 2 N–H and O–H groups in total. The summed E-state index contributed by atoms with van der Waals surface area (Å²) in [5, 5.41) is 5.84. The summed E-state index contributed by atoms with van der Waals surface area (Å²) in [6.07, 6.45) is 2.72. The van der Waals surface area contributed by atoms with Gasteiger partial charge < -0.3 is 20.3 Å². The van der Waals surface area contributed by atoms with Crippen molar-refractivity contribution in [2.75, 3.05) is 26.2 Å². The predicted octanol–water partition coefficient (Wildman–Crippen LogP) is 1.55. The minimum Gasteiger partial charge on any atom is -0.488 e. The average molecular weight is 331 g/mol. The number of para-hydroxylation sites is 1. The lowest BCUT2D eigenvalue weighted by atomic mass is 9.97. The van der Waals surface area contributed by atoms with Crippen LogP contribution in [0, 0.1) is 5.92 Å². The zero-order valence-corrected chi connectivity index (χ0v) is 14.1. The van der Waals surface area contributed by atoms with Crippen LogP contribution < -0.4 is 15.4 Å². The van der Waals surface area contributed by atoms with E-state index in [-0.39, 0.29) is 18.0 Å². The van der Waals surface area contributed by atoms with E-state index in [9.17, 15) is 9.59 Å². The molecule has 24 heavy (non-hydrogen) atoms. The number of nitrogens with one attached hydrogen (secondary N) is 2. The Kier molecular flexibility index (Phi) is 5.23. The summed E-state index contributed by atoms with van der Waals surface area (Å²) in [5.74, 6) is 1.40. The van der Waals surface area contributed by atoms with E-state index in [0.29, 0.717) is 19.0 Å². The highest BCUT2D eigenvalue weighted by atomic mass is 16.5. The first kappa shape index (κ1) is 16.6. The highest BCUT2D eigenvalue weighted by Gasteiger charge is 2.26. The Hall–Kier alpha value is -2.24. The van der Waals surface area contributed by atoms with E-state index in [1.165, 1.54) is 12.5 Å². The second kappa shape index (κ2) is 7.55. The molecule has 0 radical (unpaired) electrons. The zero-order chi connectivity index (χ0) is 16.9. The van der Waals surface area contributed by atoms with Crippen LogP contribution in [0.5, 0.6) is 5.75 Å². The topological polar surface area (TPSA) is 70.7 Å². The third-order valence-corrected chi connectivity index (χ3v) is 4.74. The molecule has 0 spiro atoms. The lowest BCUT2D eigenvalue weighted by Gasteiger charge is -2.32. The summed E-state index contributed by atoms with van der Waals surface area (Å²) >= 11 is 0. The highest BCUT2D eigenvalue weighted by molar-refractivity contribution is 5.74. The number of likely N-dealkylation sites (tertiary alicyclic amines) is 1. The number of carbonyl (C=O) groups excluding carboxylic acids is 2. The Morgan fingerprint density at radius 1 is 1.17 bits per heavy atom. The Morgan fingerprint density at radius 3 is 2.62 bits per heavy atom. The van der Waals surface area contributed by atoms with Crippen molar-refractivity contribution < 1.29 is 14.3 Å². The molecule has 0 aliphatic carbocycles. The van der Waals surface area contributed by atoms with Crippen molar-refractivity contribution in [2.24, 2.45) is 5.92 Å². The SMILES string of the molecule is CC(=O)NCC1CCN(C(=O)NCC2Cc3ccccc3O2)CC1. The quantitative estimate of drug-likeness (QED) is 0.879. The van der Waals surface area contributed by atoms with Crippen LogP contribution >= 0.6 is 0 Å². The Balaban J connectivity index is 1.37. The number of rotatable bonds is 4. The number of urea groups is 1. The third kappa shape index (κ3) is 4.19. The summed E-state index contributed by atoms with van der Waals surface area (Å²) in [6.45, 7) is 4.24. The predicted molar refractivity (Wildman–Crippen MR) is 90.9 cm³/mol. The van der Waals surface area contributed by atoms with Crippen molar-refractivity contribution in [2.45, 2.75) is 32.3 Å². The molecule has 1 atom stereocenters. The Bertz CT molecular complexity index is 572. The first-order valence-corrected chi connectivity index (χ1v) is 8.63. The van der Waals surface area contributed by atoms with Gasteiger partial charge in [0, 0.05) is 33.0 Å². The van der Waals surface area contributed by atoms with Gasteiger partial charge in [-0.3, -0.25) is 4.79 Å². The minimum absolute atomic E-state index is 0.00716. The van der Waals surface area contributed by atoms with Gasteiger partial charge in [-0.1, -0.05) is 18.2 Å². The molecule has 6 nitrogen and oxygen atoms in total. The molecule has 3 amide bonds. The number of amides is 3. The maximum Gasteiger partial charge on any atom is 0.317 e. The summed E-state index contributed by atoms with van der Waals surface area (Å²) in [6, 6.07) is 7.99. The van der Waals surface area contributed by atoms with Gasteiger partial charge in [-0.15, -0.1) is 0 Å². The number of hydrogen-bond donors (Lipinski definition) is 2. The molecule has 0 saturated carbocycles. The van der Waals surface area contributed by atoms with Crippen LogP contribution in [-0.2, 0) is 11.2 Å². The maximum absolute atomic E-state index is 12.3. The van der Waals surface area contributed by atoms with Crippen molar-refractivity contribution >= 4 is 11.9 Å². The first-order valence-electron chi connectivity index (χ1n) is 8.63. The van der Waals surface area contributed by atoms with Crippen LogP contribution in [0.2, 0.25) is 0 Å². The first-order chi connectivity index (χ1) is 11.6. The van der Waals surface area contributed by atoms with Gasteiger partial charge in [-0.05, 0) is 30.4 Å². The number of ether oxygens (including phenoxy) is 1. The smallest absolute Gasteiger partial charge is 0.317 e. The minimum atomic E-state index is -0.0208. The van der Waals surface area contributed by atoms with E-state index >= 15 is 0 Å². The van der Waals surface area contributed by atoms with Gasteiger partial charge in [0.05, 0.1) is 6.54 Å². The van der Waals surface area contributed by atoms with Crippen LogP contribution in [0.15, 0.2) is 24.3 Å². The second-order valence-corrected chi connectivity index (χ2v) is 6.61. The van der Waals surface area contributed by atoms with E-state index < -0.39 is 0 Å². The van der Waals surface area contributed by atoms with Gasteiger partial charge in [0.15, 0.2) is 0 Å². The molecular weight excluding hydrogens is 306 g/mol. The molecule has 1 fully saturated rings. The van der Waals surface area contributed by atoms with Gasteiger partial charge in [0.2, 0.25) is 5.91 Å². The number of piperidine rings is 1. The molecule has 0 bridgehead atoms. The number of benzene rings is 1. The fourth-order valence-electron chi connectivity index (χ4n) is 3.31. The number of fused-ring (bicyclic) bond motifs is 1. The van der Waals surface area contributed by atoms with Crippen LogP contribution in [-0.4, -0.2) is 49.1 Å². The van der Waals surface area contributed by atoms with E-state index in [2.05, 4.69) is 16.7 Å². The maximum atomic E-state index is 12.3. The van der Waals surface area contributed by atoms with Gasteiger partial charge in [0.25, 0.3) is 0 Å². The van der Waals surface area contributed by atoms with Gasteiger partial charge in [-0.2, -0.15) is 0 Å². The van der Waals surface area contributed by atoms with Gasteiger partial charge in [0.1, 0.15) is 11.9 Å². The lowest BCUT2D eigenvalue weighted by molar-refractivity contribution is -0.119. The average Bonchev–Trinajstić information content (AvgIpc) is 3.01. The van der Waals surface area contributed by atoms with Crippen LogP contribution in [0.25, 0.3) is 0 Å². The Morgan fingerprint density at radius 2 is 1.92 bits per heavy atom. The molecule has 1 aromatic carbocycles. The van der Waals surface area contributed by atoms with Gasteiger partial charge in [-0.25, -0.2) is 4.79 Å². The van der Waals surface area contributed by atoms with E-state index in [0.717, 1.165) is 38.1 Å². The monoisotopic (exact) mass is 331 g/mol. The number of nitrogens with zero attached hydrogens (tertiary/aromatic N) is 1. The second-order valence-electron chi connectivity index (χ2n) is 6.61. The van der Waals surface area contributed by atoms with E-state index in [1.54, 1.807) is 0 Å². The summed E-state index contributed by atoms with van der Waals surface area (Å²) in [4.78, 5) is 25.1. The normalized spacial score (nSPS) is 20.2. The van der Waals surface area contributed by atoms with E-state index in [4.69, 9.17) is 4.74 Å². The summed E-state index contributed by atoms with van der Waals surface area (Å²) in [5.41, 5.74) is 1.20. The Labute approximate surface area is 142 Å². The number of carbonyl (C=O) groups is 2. The van der Waals surface area contributed by atoms with Crippen molar-refractivity contribution in [1.29, 1.82) is 0 Å². The number of hydrogen-bond acceptors (Lipinski definition) is 3. The van der Waals surface area contributed by atoms with Crippen molar-refractivity contribution in [1.82, 2.24) is 15.5 Å². The van der Waals surface area contributed by atoms with E-state index in [1.807, 2.05) is 23.1 Å². The molecule has 2 heterocycles. The van der Waals surface area contributed by atoms with Crippen LogP contribution in [0.4, 0.5) is 4.79 Å². The molecule has 6 heteroatoms. The molecule has 2 aliphatic heterocycles. The summed E-state index contributed by atoms with van der Waals surface area (Å²) < 4.78 is 5.84. The van der Waals surface area contributed by atoms with Crippen LogP contribution in [0.3, 0.4) is 0 Å². The fourth-order valence-corrected chi connectivity index (χ4v) is 3.31. The molecular formula is C18H25N3O3. The third-order valence-electron chi connectivity index (χ3n) is 4.74. The summed E-state index contributed by atoms with van der Waals surface area (Å²) in [7, 11) is 0. The molecule has 0 aromatic heterocycles. The van der Waals surface area contributed by atoms with Gasteiger partial charge >= 0.3 is 6.03 Å². The molecule has 1 unspecified atom stereocenters. The van der Waals surface area contributed by atoms with Crippen molar-refractivity contribution in [3.05, 3.63) is 29.8 Å². The van der Waals surface area contributed by atoms with Crippen molar-refractivity contribution in [3.63, 3.8) is 0 Å². The van der Waals surface area contributed by atoms with Crippen molar-refractivity contribution in [3.8, 4) is 5.75 Å².